The van der Waals surface area contributed by atoms with Gasteiger partial charge in [-0.25, -0.2) is 9.97 Å². The van der Waals surface area contributed by atoms with E-state index in [4.69, 9.17) is 5.53 Å². The summed E-state index contributed by atoms with van der Waals surface area (Å²) in [5.74, 6) is -0.143. The largest absolute Gasteiger partial charge is 0.416 e. The molecule has 1 aromatic carbocycles. The molecule has 3 aromatic rings. The van der Waals surface area contributed by atoms with Crippen LogP contribution in [0.15, 0.2) is 48.0 Å². The van der Waals surface area contributed by atoms with Gasteiger partial charge in [-0.3, -0.25) is 0 Å². The van der Waals surface area contributed by atoms with Crippen LogP contribution in [0.3, 0.4) is 0 Å². The Kier molecular flexibility index (Phi) is 4.33. The summed E-state index contributed by atoms with van der Waals surface area (Å²) in [5.41, 5.74) is 9.94. The molecule has 0 saturated carbocycles. The Balaban J connectivity index is 2.08. The number of rotatable bonds is 4. The maximum atomic E-state index is 12.7. The molecule has 128 valence electrons. The molecule has 0 aliphatic heterocycles. The summed E-state index contributed by atoms with van der Waals surface area (Å²) in [6.07, 6.45) is 0.703. The smallest absolute Gasteiger partial charge is 0.303 e. The molecule has 2 heterocycles. The highest BCUT2D eigenvalue weighted by molar-refractivity contribution is 5.74. The van der Waals surface area contributed by atoms with E-state index in [0.717, 1.165) is 12.1 Å². The summed E-state index contributed by atoms with van der Waals surface area (Å²) in [7, 11) is 0. The Morgan fingerprint density at radius 1 is 1.28 bits per heavy atom. The Labute approximate surface area is 140 Å². The SMILES string of the molecule is CC(CN=[N+]=[N-])c1cn2ccnc2c(-c2ccc(C(F)(F)F)cc2)n1. The molecule has 0 amide bonds. The van der Waals surface area contributed by atoms with Gasteiger partial charge in [0.15, 0.2) is 5.65 Å². The van der Waals surface area contributed by atoms with Gasteiger partial charge in [0.1, 0.15) is 5.69 Å². The van der Waals surface area contributed by atoms with Gasteiger partial charge in [-0.1, -0.05) is 24.2 Å². The van der Waals surface area contributed by atoms with Gasteiger partial charge in [-0.15, -0.1) is 0 Å². The number of imidazole rings is 1. The van der Waals surface area contributed by atoms with E-state index < -0.39 is 11.7 Å². The molecule has 0 saturated heterocycles. The van der Waals surface area contributed by atoms with E-state index in [0.29, 0.717) is 22.6 Å². The van der Waals surface area contributed by atoms with Crippen LogP contribution in [0, 0.1) is 0 Å². The molecule has 9 heteroatoms. The van der Waals surface area contributed by atoms with Gasteiger partial charge in [0.05, 0.1) is 11.3 Å². The van der Waals surface area contributed by atoms with Crippen molar-refractivity contribution in [3.63, 3.8) is 0 Å². The van der Waals surface area contributed by atoms with Crippen molar-refractivity contribution in [2.75, 3.05) is 6.54 Å². The molecule has 1 atom stereocenters. The Bertz CT molecular complexity index is 939. The molecule has 0 radical (unpaired) electrons. The van der Waals surface area contributed by atoms with Crippen molar-refractivity contribution in [1.82, 2.24) is 14.4 Å². The topological polar surface area (TPSA) is 79.0 Å². The fraction of sp³-hybridized carbons (Fsp3) is 0.250. The van der Waals surface area contributed by atoms with E-state index in [1.165, 1.54) is 12.1 Å². The van der Waals surface area contributed by atoms with E-state index in [1.807, 2.05) is 6.92 Å². The lowest BCUT2D eigenvalue weighted by Crippen LogP contribution is -2.06. The number of hydrogen-bond acceptors (Lipinski definition) is 3. The van der Waals surface area contributed by atoms with Gasteiger partial charge in [0.25, 0.3) is 0 Å². The third-order valence-corrected chi connectivity index (χ3v) is 3.80. The maximum Gasteiger partial charge on any atom is 0.416 e. The summed E-state index contributed by atoms with van der Waals surface area (Å²) in [4.78, 5) is 11.5. The molecule has 0 spiro atoms. The van der Waals surface area contributed by atoms with Crippen molar-refractivity contribution in [2.24, 2.45) is 5.11 Å². The van der Waals surface area contributed by atoms with E-state index in [2.05, 4.69) is 20.0 Å². The monoisotopic (exact) mass is 346 g/mol. The molecule has 1 unspecified atom stereocenters. The first-order valence-corrected chi connectivity index (χ1v) is 7.42. The van der Waals surface area contributed by atoms with Gasteiger partial charge in [0.2, 0.25) is 0 Å². The van der Waals surface area contributed by atoms with Gasteiger partial charge in [-0.2, -0.15) is 13.2 Å². The minimum atomic E-state index is -4.39. The summed E-state index contributed by atoms with van der Waals surface area (Å²) in [6, 6.07) is 4.79. The number of fused-ring (bicyclic) bond motifs is 1. The average molecular weight is 346 g/mol. The number of halogens is 3. The number of nitrogens with zero attached hydrogens (tertiary/aromatic N) is 6. The molecular formula is C16H13F3N6. The van der Waals surface area contributed by atoms with Gasteiger partial charge in [-0.05, 0) is 17.7 Å². The van der Waals surface area contributed by atoms with Gasteiger partial charge < -0.3 is 4.40 Å². The predicted octanol–water partition coefficient (Wildman–Crippen LogP) is 4.83. The van der Waals surface area contributed by atoms with Crippen molar-refractivity contribution >= 4 is 5.65 Å². The van der Waals surface area contributed by atoms with Crippen molar-refractivity contribution in [1.29, 1.82) is 0 Å². The minimum absolute atomic E-state index is 0.143. The van der Waals surface area contributed by atoms with Crippen LogP contribution in [-0.4, -0.2) is 20.9 Å². The van der Waals surface area contributed by atoms with Crippen LogP contribution in [0.25, 0.3) is 27.3 Å². The minimum Gasteiger partial charge on any atom is -0.303 e. The van der Waals surface area contributed by atoms with E-state index in [1.54, 1.807) is 23.0 Å². The average Bonchev–Trinajstić information content (AvgIpc) is 3.06. The highest BCUT2D eigenvalue weighted by atomic mass is 19.4. The number of hydrogen-bond donors (Lipinski definition) is 0. The summed E-state index contributed by atoms with van der Waals surface area (Å²) < 4.78 is 40.0. The normalized spacial score (nSPS) is 12.8. The highest BCUT2D eigenvalue weighted by Crippen LogP contribution is 2.31. The fourth-order valence-corrected chi connectivity index (χ4v) is 2.45. The summed E-state index contributed by atoms with van der Waals surface area (Å²) >= 11 is 0. The van der Waals surface area contributed by atoms with E-state index in [9.17, 15) is 13.2 Å². The van der Waals surface area contributed by atoms with Crippen molar-refractivity contribution in [3.05, 3.63) is 64.6 Å². The van der Waals surface area contributed by atoms with Crippen LogP contribution < -0.4 is 0 Å². The molecule has 0 aliphatic rings. The predicted molar refractivity (Wildman–Crippen MR) is 85.9 cm³/mol. The number of alkyl halides is 3. The number of azide groups is 1. The molecule has 3 rings (SSSR count). The second kappa shape index (κ2) is 6.45. The van der Waals surface area contributed by atoms with Crippen LogP contribution in [0.4, 0.5) is 13.2 Å². The third kappa shape index (κ3) is 3.41. The van der Waals surface area contributed by atoms with Crippen LogP contribution in [0.1, 0.15) is 24.1 Å². The van der Waals surface area contributed by atoms with Crippen LogP contribution >= 0.6 is 0 Å². The maximum absolute atomic E-state index is 12.7. The lowest BCUT2D eigenvalue weighted by atomic mass is 10.1. The Morgan fingerprint density at radius 3 is 2.64 bits per heavy atom. The second-order valence-electron chi connectivity index (χ2n) is 5.56. The van der Waals surface area contributed by atoms with Crippen LogP contribution in [0.5, 0.6) is 0 Å². The van der Waals surface area contributed by atoms with Crippen molar-refractivity contribution in [2.45, 2.75) is 19.0 Å². The quantitative estimate of drug-likeness (QED) is 0.385. The molecule has 25 heavy (non-hydrogen) atoms. The molecular weight excluding hydrogens is 333 g/mol. The first-order chi connectivity index (χ1) is 11.9. The molecule has 2 aromatic heterocycles. The molecule has 0 aliphatic carbocycles. The van der Waals surface area contributed by atoms with E-state index in [-0.39, 0.29) is 12.5 Å². The van der Waals surface area contributed by atoms with E-state index >= 15 is 0 Å². The Morgan fingerprint density at radius 2 is 2.00 bits per heavy atom. The third-order valence-electron chi connectivity index (χ3n) is 3.80. The standard InChI is InChI=1S/C16H13F3N6/c1-10(8-22-24-20)13-9-25-7-6-21-15(25)14(23-13)11-2-4-12(5-3-11)16(17,18)19/h2-7,9-10H,8H2,1H3. The molecule has 0 bridgehead atoms. The van der Waals surface area contributed by atoms with Crippen molar-refractivity contribution in [3.8, 4) is 11.3 Å². The lowest BCUT2D eigenvalue weighted by Gasteiger charge is -2.12. The first kappa shape index (κ1) is 16.8. The summed E-state index contributed by atoms with van der Waals surface area (Å²) in [5, 5.41) is 3.55. The first-order valence-electron chi connectivity index (χ1n) is 7.42. The zero-order chi connectivity index (χ0) is 18.0. The fourth-order valence-electron chi connectivity index (χ4n) is 2.45. The van der Waals surface area contributed by atoms with Crippen LogP contribution in [-0.2, 0) is 6.18 Å². The molecule has 6 nitrogen and oxygen atoms in total. The zero-order valence-corrected chi connectivity index (χ0v) is 13.1. The molecule has 0 fully saturated rings. The van der Waals surface area contributed by atoms with Crippen LogP contribution in [0.2, 0.25) is 0 Å². The van der Waals surface area contributed by atoms with Crippen molar-refractivity contribution < 1.29 is 13.2 Å². The number of aromatic nitrogens is 3. The second-order valence-corrected chi connectivity index (χ2v) is 5.56. The molecule has 0 N–H and O–H groups in total. The highest BCUT2D eigenvalue weighted by Gasteiger charge is 2.30. The van der Waals surface area contributed by atoms with Gasteiger partial charge in [0, 0.05) is 41.5 Å². The van der Waals surface area contributed by atoms with Gasteiger partial charge >= 0.3 is 6.18 Å². The zero-order valence-electron chi connectivity index (χ0n) is 13.1. The lowest BCUT2D eigenvalue weighted by molar-refractivity contribution is -0.137. The number of benzene rings is 1. The Hall–Kier alpha value is -3.06. The summed E-state index contributed by atoms with van der Waals surface area (Å²) in [6.45, 7) is 2.09.